The van der Waals surface area contributed by atoms with Gasteiger partial charge >= 0.3 is 5.97 Å². The summed E-state index contributed by atoms with van der Waals surface area (Å²) in [6.07, 6.45) is 3.80. The quantitative estimate of drug-likeness (QED) is 0.362. The number of nitrogens with zero attached hydrogens (tertiary/aromatic N) is 1. The third-order valence-corrected chi connectivity index (χ3v) is 6.35. The Labute approximate surface area is 170 Å². The SMILES string of the molecule is CCOC(=O)c1cc(S(=O)(=O)NC(CN)C2CCCC2)cc([N+](=O)[O-])c1C.Cl. The zero-order valence-corrected chi connectivity index (χ0v) is 17.5. The van der Waals surface area contributed by atoms with Crippen molar-refractivity contribution in [3.63, 3.8) is 0 Å². The number of rotatable bonds is 8. The van der Waals surface area contributed by atoms with Crippen LogP contribution in [-0.2, 0) is 14.8 Å². The summed E-state index contributed by atoms with van der Waals surface area (Å²) in [6, 6.07) is 1.62. The molecule has 1 fully saturated rings. The minimum atomic E-state index is -4.09. The van der Waals surface area contributed by atoms with Gasteiger partial charge in [0, 0.05) is 24.2 Å². The number of nitrogens with two attached hydrogens (primary N) is 1. The highest BCUT2D eigenvalue weighted by molar-refractivity contribution is 7.89. The predicted molar refractivity (Wildman–Crippen MR) is 106 cm³/mol. The van der Waals surface area contributed by atoms with Crippen LogP contribution >= 0.6 is 12.4 Å². The Morgan fingerprint density at radius 1 is 1.39 bits per heavy atom. The lowest BCUT2D eigenvalue weighted by atomic mass is 9.99. The van der Waals surface area contributed by atoms with E-state index in [1.165, 1.54) is 6.92 Å². The number of carbonyl (C=O) groups is 1. The van der Waals surface area contributed by atoms with E-state index in [-0.39, 0.29) is 47.5 Å². The van der Waals surface area contributed by atoms with E-state index in [9.17, 15) is 23.3 Å². The van der Waals surface area contributed by atoms with Crippen molar-refractivity contribution < 1.29 is 22.9 Å². The number of nitro benzene ring substituents is 1. The van der Waals surface area contributed by atoms with Crippen LogP contribution in [-0.4, -0.2) is 38.5 Å². The molecule has 1 aliphatic carbocycles. The van der Waals surface area contributed by atoms with Crippen LogP contribution in [0.4, 0.5) is 5.69 Å². The van der Waals surface area contributed by atoms with Crippen LogP contribution in [0.15, 0.2) is 17.0 Å². The molecule has 11 heteroatoms. The van der Waals surface area contributed by atoms with Gasteiger partial charge in [0.25, 0.3) is 5.69 Å². The summed E-state index contributed by atoms with van der Waals surface area (Å²) >= 11 is 0. The third kappa shape index (κ3) is 5.40. The van der Waals surface area contributed by atoms with Gasteiger partial charge in [0.1, 0.15) is 0 Å². The second-order valence-corrected chi connectivity index (χ2v) is 8.31. The molecule has 0 saturated heterocycles. The van der Waals surface area contributed by atoms with E-state index in [4.69, 9.17) is 10.5 Å². The van der Waals surface area contributed by atoms with Crippen molar-refractivity contribution in [3.8, 4) is 0 Å². The van der Waals surface area contributed by atoms with Crippen LogP contribution < -0.4 is 10.5 Å². The summed E-state index contributed by atoms with van der Waals surface area (Å²) in [5.41, 5.74) is 5.21. The molecule has 0 bridgehead atoms. The number of esters is 1. The molecule has 9 nitrogen and oxygen atoms in total. The van der Waals surface area contributed by atoms with Crippen molar-refractivity contribution in [3.05, 3.63) is 33.4 Å². The standard InChI is InChI=1S/C17H25N3O6S.ClH/c1-3-26-17(21)14-8-13(9-16(11(14)2)20(22)23)27(24,25)19-15(10-18)12-6-4-5-7-12;/h8-9,12,15,19H,3-7,10,18H2,1-2H3;1H. The number of nitrogens with one attached hydrogen (secondary N) is 1. The summed E-state index contributed by atoms with van der Waals surface area (Å²) in [5, 5.41) is 11.3. The lowest BCUT2D eigenvalue weighted by molar-refractivity contribution is -0.385. The second-order valence-electron chi connectivity index (χ2n) is 6.60. The van der Waals surface area contributed by atoms with Gasteiger partial charge in [-0.1, -0.05) is 12.8 Å². The highest BCUT2D eigenvalue weighted by Gasteiger charge is 2.31. The van der Waals surface area contributed by atoms with Crippen LogP contribution in [0.2, 0.25) is 0 Å². The fourth-order valence-corrected chi connectivity index (χ4v) is 4.77. The minimum absolute atomic E-state index is 0. The first kappa shape index (κ1) is 24.3. The number of ether oxygens (including phenoxy) is 1. The summed E-state index contributed by atoms with van der Waals surface area (Å²) in [5.74, 6) is -0.670. The van der Waals surface area contributed by atoms with Crippen molar-refractivity contribution >= 4 is 34.1 Å². The average molecular weight is 436 g/mol. The summed E-state index contributed by atoms with van der Waals surface area (Å²) in [7, 11) is -4.09. The molecule has 0 aliphatic heterocycles. The maximum atomic E-state index is 12.8. The van der Waals surface area contributed by atoms with Crippen LogP contribution in [0.3, 0.4) is 0 Å². The molecule has 1 saturated carbocycles. The molecule has 0 aromatic heterocycles. The van der Waals surface area contributed by atoms with E-state index in [1.54, 1.807) is 6.92 Å². The van der Waals surface area contributed by atoms with Gasteiger partial charge < -0.3 is 10.5 Å². The molecular weight excluding hydrogens is 410 g/mol. The Hall–Kier alpha value is -1.75. The molecule has 0 radical (unpaired) electrons. The number of halogens is 1. The minimum Gasteiger partial charge on any atom is -0.462 e. The molecule has 158 valence electrons. The molecular formula is C17H26ClN3O6S. The molecule has 1 aromatic carbocycles. The lowest BCUT2D eigenvalue weighted by Crippen LogP contribution is -2.44. The summed E-state index contributed by atoms with van der Waals surface area (Å²) in [6.45, 7) is 3.17. The molecule has 0 spiro atoms. The van der Waals surface area contributed by atoms with Crippen molar-refractivity contribution in [2.24, 2.45) is 11.7 Å². The van der Waals surface area contributed by atoms with E-state index in [0.717, 1.165) is 37.8 Å². The zero-order valence-electron chi connectivity index (χ0n) is 15.8. The Morgan fingerprint density at radius 3 is 2.50 bits per heavy atom. The van der Waals surface area contributed by atoms with E-state index in [2.05, 4.69) is 4.72 Å². The predicted octanol–water partition coefficient (Wildman–Crippen LogP) is 2.30. The zero-order chi connectivity index (χ0) is 20.2. The maximum Gasteiger partial charge on any atom is 0.338 e. The van der Waals surface area contributed by atoms with Gasteiger partial charge in [0.05, 0.1) is 22.0 Å². The first-order valence-electron chi connectivity index (χ1n) is 8.89. The fraction of sp³-hybridized carbons (Fsp3) is 0.588. The van der Waals surface area contributed by atoms with E-state index >= 15 is 0 Å². The van der Waals surface area contributed by atoms with Gasteiger partial charge in [-0.05, 0) is 38.7 Å². The molecule has 0 heterocycles. The molecule has 1 aliphatic rings. The van der Waals surface area contributed by atoms with Gasteiger partial charge in [-0.15, -0.1) is 12.4 Å². The molecule has 1 unspecified atom stereocenters. The highest BCUT2D eigenvalue weighted by Crippen LogP contribution is 2.30. The summed E-state index contributed by atoms with van der Waals surface area (Å²) < 4.78 is 33.1. The molecule has 1 atom stereocenters. The number of hydrogen-bond donors (Lipinski definition) is 2. The van der Waals surface area contributed by atoms with Gasteiger partial charge in [0.2, 0.25) is 10.0 Å². The normalized spacial score (nSPS) is 15.7. The molecule has 0 amide bonds. The first-order chi connectivity index (χ1) is 12.7. The lowest BCUT2D eigenvalue weighted by Gasteiger charge is -2.23. The molecule has 28 heavy (non-hydrogen) atoms. The number of nitro groups is 1. The Morgan fingerprint density at radius 2 is 2.00 bits per heavy atom. The second kappa shape index (κ2) is 10.1. The molecule has 1 aromatic rings. The van der Waals surface area contributed by atoms with Crippen molar-refractivity contribution in [2.75, 3.05) is 13.2 Å². The van der Waals surface area contributed by atoms with E-state index in [1.807, 2.05) is 0 Å². The highest BCUT2D eigenvalue weighted by atomic mass is 35.5. The average Bonchev–Trinajstić information content (AvgIpc) is 3.14. The number of carbonyl (C=O) groups excluding carboxylic acids is 1. The Bertz CT molecular complexity index is 824. The largest absolute Gasteiger partial charge is 0.462 e. The van der Waals surface area contributed by atoms with Crippen LogP contribution in [0.5, 0.6) is 0 Å². The van der Waals surface area contributed by atoms with Crippen LogP contribution in [0.25, 0.3) is 0 Å². The van der Waals surface area contributed by atoms with E-state index < -0.39 is 32.6 Å². The fourth-order valence-electron chi connectivity index (χ4n) is 3.40. The number of hydrogen-bond acceptors (Lipinski definition) is 7. The smallest absolute Gasteiger partial charge is 0.338 e. The Balaban J connectivity index is 0.00000392. The summed E-state index contributed by atoms with van der Waals surface area (Å²) in [4.78, 5) is 22.4. The van der Waals surface area contributed by atoms with Crippen molar-refractivity contribution in [1.29, 1.82) is 0 Å². The van der Waals surface area contributed by atoms with Gasteiger partial charge in [-0.2, -0.15) is 0 Å². The van der Waals surface area contributed by atoms with Crippen molar-refractivity contribution in [1.82, 2.24) is 4.72 Å². The van der Waals surface area contributed by atoms with Gasteiger partial charge in [-0.25, -0.2) is 17.9 Å². The monoisotopic (exact) mass is 435 g/mol. The van der Waals surface area contributed by atoms with Crippen molar-refractivity contribution in [2.45, 2.75) is 50.5 Å². The third-order valence-electron chi connectivity index (χ3n) is 4.89. The van der Waals surface area contributed by atoms with E-state index in [0.29, 0.717) is 0 Å². The molecule has 3 N–H and O–H groups in total. The first-order valence-corrected chi connectivity index (χ1v) is 10.4. The number of benzene rings is 1. The topological polar surface area (TPSA) is 142 Å². The van der Waals surface area contributed by atoms with Crippen LogP contribution in [0.1, 0.15) is 48.5 Å². The Kier molecular flexibility index (Phi) is 8.80. The molecule has 2 rings (SSSR count). The maximum absolute atomic E-state index is 12.8. The number of sulfonamides is 1. The van der Waals surface area contributed by atoms with Gasteiger partial charge in [0.15, 0.2) is 0 Å². The van der Waals surface area contributed by atoms with Crippen LogP contribution in [0, 0.1) is 23.0 Å². The van der Waals surface area contributed by atoms with Gasteiger partial charge in [-0.3, -0.25) is 10.1 Å².